The average Bonchev–Trinajstić information content (AvgIpc) is 2.91. The molecule has 184 valence electrons. The highest BCUT2D eigenvalue weighted by Gasteiger charge is 2.07. The van der Waals surface area contributed by atoms with Gasteiger partial charge in [0.25, 0.3) is 0 Å². The Morgan fingerprint density at radius 2 is 1.31 bits per heavy atom. The van der Waals surface area contributed by atoms with Crippen molar-refractivity contribution in [2.45, 2.75) is 25.9 Å². The average molecular weight is 481 g/mol. The Hall–Kier alpha value is -4.05. The zero-order valence-electron chi connectivity index (χ0n) is 20.6. The van der Waals surface area contributed by atoms with E-state index in [9.17, 15) is 4.39 Å². The zero-order chi connectivity index (χ0) is 25.0. The fraction of sp³-hybridized carbons (Fsp3) is 0.188. The van der Waals surface area contributed by atoms with E-state index in [1.807, 2.05) is 36.4 Å². The van der Waals surface area contributed by atoms with Crippen molar-refractivity contribution in [2.24, 2.45) is 0 Å². The van der Waals surface area contributed by atoms with Crippen LogP contribution in [0.2, 0.25) is 0 Å². The van der Waals surface area contributed by atoms with Gasteiger partial charge in [0.15, 0.2) is 0 Å². The van der Waals surface area contributed by atoms with Gasteiger partial charge in [-0.25, -0.2) is 4.39 Å². The Morgan fingerprint density at radius 3 is 2.00 bits per heavy atom. The van der Waals surface area contributed by atoms with Crippen molar-refractivity contribution in [3.05, 3.63) is 149 Å². The number of halogens is 1. The fourth-order valence-electron chi connectivity index (χ4n) is 4.08. The molecule has 2 N–H and O–H groups in total. The molecule has 0 heterocycles. The molecule has 36 heavy (non-hydrogen) atoms. The third-order valence-corrected chi connectivity index (χ3v) is 6.06. The van der Waals surface area contributed by atoms with E-state index in [0.717, 1.165) is 55.0 Å². The van der Waals surface area contributed by atoms with Gasteiger partial charge in [-0.1, -0.05) is 85.4 Å². The lowest BCUT2D eigenvalue weighted by Crippen LogP contribution is -2.28. The monoisotopic (exact) mass is 480 g/mol. The summed E-state index contributed by atoms with van der Waals surface area (Å²) in [5.74, 6) is 1.47. The van der Waals surface area contributed by atoms with Crippen LogP contribution in [-0.4, -0.2) is 13.1 Å². The minimum atomic E-state index is -0.208. The van der Waals surface area contributed by atoms with Crippen LogP contribution in [0.15, 0.2) is 116 Å². The van der Waals surface area contributed by atoms with E-state index in [1.165, 1.54) is 28.8 Å². The molecule has 4 rings (SSSR count). The highest BCUT2D eigenvalue weighted by molar-refractivity contribution is 5.39. The van der Waals surface area contributed by atoms with Gasteiger partial charge < -0.3 is 15.4 Å². The molecule has 0 atom stereocenters. The second-order valence-electron chi connectivity index (χ2n) is 8.83. The molecule has 0 amide bonds. The Kier molecular flexibility index (Phi) is 9.15. The summed E-state index contributed by atoms with van der Waals surface area (Å²) in [4.78, 5) is 0. The van der Waals surface area contributed by atoms with Crippen molar-refractivity contribution in [3.8, 4) is 5.75 Å². The number of benzene rings is 4. The second kappa shape index (κ2) is 13.1. The number of hydrogen-bond donors (Lipinski definition) is 2. The molecule has 3 nitrogen and oxygen atoms in total. The molecule has 0 radical (unpaired) electrons. The fourth-order valence-corrected chi connectivity index (χ4v) is 4.08. The summed E-state index contributed by atoms with van der Waals surface area (Å²) >= 11 is 0. The third-order valence-electron chi connectivity index (χ3n) is 6.06. The summed E-state index contributed by atoms with van der Waals surface area (Å²) in [5.41, 5.74) is 6.08. The normalized spacial score (nSPS) is 10.6. The second-order valence-corrected chi connectivity index (χ2v) is 8.83. The lowest BCUT2D eigenvalue weighted by molar-refractivity contribution is 0.306. The first-order valence-electron chi connectivity index (χ1n) is 12.4. The van der Waals surface area contributed by atoms with Crippen molar-refractivity contribution < 1.29 is 9.13 Å². The molecule has 0 saturated carbocycles. The van der Waals surface area contributed by atoms with E-state index in [-0.39, 0.29) is 5.82 Å². The van der Waals surface area contributed by atoms with Gasteiger partial charge >= 0.3 is 0 Å². The van der Waals surface area contributed by atoms with Crippen LogP contribution in [0.25, 0.3) is 0 Å². The van der Waals surface area contributed by atoms with Crippen LogP contribution in [0.1, 0.15) is 27.8 Å². The molecule has 0 bridgehead atoms. The highest BCUT2D eigenvalue weighted by atomic mass is 19.1. The predicted octanol–water partition coefficient (Wildman–Crippen LogP) is 6.43. The first kappa shape index (κ1) is 25.1. The minimum absolute atomic E-state index is 0.208. The molecule has 0 fully saturated rings. The molecule has 4 aromatic carbocycles. The van der Waals surface area contributed by atoms with Gasteiger partial charge in [0.05, 0.1) is 5.82 Å². The Morgan fingerprint density at radius 1 is 0.667 bits per heavy atom. The Bertz CT molecular complexity index is 1220. The number of rotatable bonds is 13. The van der Waals surface area contributed by atoms with Crippen LogP contribution in [0.5, 0.6) is 5.75 Å². The van der Waals surface area contributed by atoms with Crippen LogP contribution in [0, 0.1) is 5.82 Å². The van der Waals surface area contributed by atoms with Crippen molar-refractivity contribution in [2.75, 3.05) is 13.1 Å². The molecule has 4 aromatic rings. The standard InChI is InChI=1S/C32H33FN2O/c1-25(34-20-18-26-12-15-31(33)16-13-26)35-21-19-29-14-17-32(36-24-28-10-6-3-7-11-28)23-30(29)22-27-8-4-2-5-9-27/h2-17,23,34-35H,1,18-22,24H2. The van der Waals surface area contributed by atoms with E-state index in [4.69, 9.17) is 4.74 Å². The lowest BCUT2D eigenvalue weighted by atomic mass is 9.97. The minimum Gasteiger partial charge on any atom is -0.489 e. The lowest BCUT2D eigenvalue weighted by Gasteiger charge is -2.16. The van der Waals surface area contributed by atoms with Gasteiger partial charge in [0.2, 0.25) is 0 Å². The smallest absolute Gasteiger partial charge is 0.123 e. The summed E-state index contributed by atoms with van der Waals surface area (Å²) < 4.78 is 19.1. The first-order valence-corrected chi connectivity index (χ1v) is 12.4. The predicted molar refractivity (Wildman–Crippen MR) is 145 cm³/mol. The van der Waals surface area contributed by atoms with Crippen LogP contribution in [-0.2, 0) is 25.9 Å². The summed E-state index contributed by atoms with van der Waals surface area (Å²) in [6.07, 6.45) is 2.54. The van der Waals surface area contributed by atoms with Gasteiger partial charge in [-0.15, -0.1) is 0 Å². The molecule has 0 spiro atoms. The third kappa shape index (κ3) is 8.02. The van der Waals surface area contributed by atoms with Gasteiger partial charge in [0, 0.05) is 13.1 Å². The van der Waals surface area contributed by atoms with Crippen LogP contribution < -0.4 is 15.4 Å². The maximum Gasteiger partial charge on any atom is 0.123 e. The van der Waals surface area contributed by atoms with E-state index in [0.29, 0.717) is 6.61 Å². The summed E-state index contributed by atoms with van der Waals surface area (Å²) in [6.45, 7) is 6.15. The quantitative estimate of drug-likeness (QED) is 0.231. The van der Waals surface area contributed by atoms with Gasteiger partial charge in [-0.2, -0.15) is 0 Å². The highest BCUT2D eigenvalue weighted by Crippen LogP contribution is 2.22. The summed E-state index contributed by atoms with van der Waals surface area (Å²) in [5, 5.41) is 6.69. The molecule has 4 heteroatoms. The van der Waals surface area contributed by atoms with E-state index in [1.54, 1.807) is 0 Å². The maximum absolute atomic E-state index is 13.1. The molecule has 0 aromatic heterocycles. The van der Waals surface area contributed by atoms with Crippen molar-refractivity contribution in [1.82, 2.24) is 10.6 Å². The summed E-state index contributed by atoms with van der Waals surface area (Å²) in [7, 11) is 0. The molecule has 0 aliphatic carbocycles. The van der Waals surface area contributed by atoms with Crippen molar-refractivity contribution >= 4 is 0 Å². The SMILES string of the molecule is C=C(NCCc1ccc(F)cc1)NCCc1ccc(OCc2ccccc2)cc1Cc1ccccc1. The number of ether oxygens (including phenoxy) is 1. The van der Waals surface area contributed by atoms with E-state index < -0.39 is 0 Å². The van der Waals surface area contributed by atoms with Gasteiger partial charge in [-0.3, -0.25) is 0 Å². The number of nitrogens with one attached hydrogen (secondary N) is 2. The molecular formula is C32H33FN2O. The molecule has 0 aliphatic heterocycles. The van der Waals surface area contributed by atoms with E-state index in [2.05, 4.69) is 71.8 Å². The maximum atomic E-state index is 13.1. The van der Waals surface area contributed by atoms with Crippen molar-refractivity contribution in [3.63, 3.8) is 0 Å². The largest absolute Gasteiger partial charge is 0.489 e. The van der Waals surface area contributed by atoms with Gasteiger partial charge in [0.1, 0.15) is 18.2 Å². The van der Waals surface area contributed by atoms with Gasteiger partial charge in [-0.05, 0) is 71.3 Å². The Balaban J connectivity index is 1.31. The summed E-state index contributed by atoms with van der Waals surface area (Å²) in [6, 6.07) is 33.8. The number of hydrogen-bond acceptors (Lipinski definition) is 3. The van der Waals surface area contributed by atoms with E-state index >= 15 is 0 Å². The molecular weight excluding hydrogens is 447 g/mol. The zero-order valence-corrected chi connectivity index (χ0v) is 20.6. The first-order chi connectivity index (χ1) is 17.7. The van der Waals surface area contributed by atoms with Crippen LogP contribution >= 0.6 is 0 Å². The topological polar surface area (TPSA) is 33.3 Å². The molecule has 0 unspecified atom stereocenters. The van der Waals surface area contributed by atoms with Crippen LogP contribution in [0.3, 0.4) is 0 Å². The Labute approximate surface area is 213 Å². The molecule has 0 aliphatic rings. The van der Waals surface area contributed by atoms with Crippen LogP contribution in [0.4, 0.5) is 4.39 Å². The molecule has 0 saturated heterocycles. The van der Waals surface area contributed by atoms with Crippen molar-refractivity contribution in [1.29, 1.82) is 0 Å².